The van der Waals surface area contributed by atoms with Crippen molar-refractivity contribution in [3.05, 3.63) is 83.7 Å². The van der Waals surface area contributed by atoms with Gasteiger partial charge in [-0.05, 0) is 73.9 Å². The smallest absolute Gasteiger partial charge is 0.326 e. The molecule has 0 bridgehead atoms. The number of halogens is 2. The van der Waals surface area contributed by atoms with E-state index >= 15 is 4.39 Å². The molecule has 334 valence electrons. The second kappa shape index (κ2) is 24.5. The SMILES string of the molecule is CC(C)(C)[C@H](c1cc(-c2cc(F)ccc2F)cn1Cc1ccccc1)N(CC[C@H](N)C(=O)NCCNC(=O)CNC(=O)CCCC(=O)N[C@@H](CCCCN)C(=O)O)C(=O)CO. The number of aliphatic carboxylic acids is 1. The Morgan fingerprint density at radius 1 is 0.852 bits per heavy atom. The van der Waals surface area contributed by atoms with Gasteiger partial charge in [-0.25, -0.2) is 13.6 Å². The summed E-state index contributed by atoms with van der Waals surface area (Å²) in [6.07, 6.45) is 3.13. The van der Waals surface area contributed by atoms with E-state index in [0.717, 1.165) is 23.8 Å². The van der Waals surface area contributed by atoms with Crippen LogP contribution in [0, 0.1) is 17.0 Å². The second-order valence-electron chi connectivity index (χ2n) is 15.8. The molecule has 0 saturated heterocycles. The lowest BCUT2D eigenvalue weighted by atomic mass is 9.82. The Balaban J connectivity index is 1.55. The number of hydrogen-bond donors (Lipinski definition) is 8. The van der Waals surface area contributed by atoms with Crippen molar-refractivity contribution in [3.8, 4) is 11.1 Å². The van der Waals surface area contributed by atoms with E-state index in [1.807, 2.05) is 55.7 Å². The maximum Gasteiger partial charge on any atom is 0.326 e. The van der Waals surface area contributed by atoms with Crippen molar-refractivity contribution in [1.82, 2.24) is 30.7 Å². The van der Waals surface area contributed by atoms with Gasteiger partial charge in [0.05, 0.1) is 18.6 Å². The first-order valence-electron chi connectivity index (χ1n) is 20.3. The highest BCUT2D eigenvalue weighted by molar-refractivity contribution is 5.86. The average molecular weight is 855 g/mol. The third-order valence-electron chi connectivity index (χ3n) is 9.83. The minimum atomic E-state index is -1.15. The van der Waals surface area contributed by atoms with Crippen molar-refractivity contribution in [2.75, 3.05) is 39.3 Å². The van der Waals surface area contributed by atoms with Crippen LogP contribution in [0.4, 0.5) is 8.78 Å². The van der Waals surface area contributed by atoms with Crippen LogP contribution in [0.25, 0.3) is 11.1 Å². The lowest BCUT2D eigenvalue weighted by molar-refractivity contribution is -0.142. The lowest BCUT2D eigenvalue weighted by Gasteiger charge is -2.41. The van der Waals surface area contributed by atoms with Gasteiger partial charge in [-0.15, -0.1) is 0 Å². The van der Waals surface area contributed by atoms with Crippen LogP contribution < -0.4 is 32.7 Å². The molecule has 1 aromatic heterocycles. The number of unbranched alkanes of at least 4 members (excludes halogenated alkanes) is 1. The summed E-state index contributed by atoms with van der Waals surface area (Å²) in [6.45, 7) is 5.24. The van der Waals surface area contributed by atoms with Gasteiger partial charge in [0.1, 0.15) is 24.3 Å². The van der Waals surface area contributed by atoms with E-state index in [-0.39, 0.29) is 63.8 Å². The summed E-state index contributed by atoms with van der Waals surface area (Å²) in [7, 11) is 0. The highest BCUT2D eigenvalue weighted by Gasteiger charge is 2.37. The van der Waals surface area contributed by atoms with Crippen molar-refractivity contribution in [1.29, 1.82) is 0 Å². The van der Waals surface area contributed by atoms with E-state index in [1.54, 1.807) is 12.3 Å². The van der Waals surface area contributed by atoms with E-state index in [0.29, 0.717) is 37.2 Å². The number of benzene rings is 2. The van der Waals surface area contributed by atoms with Crippen molar-refractivity contribution >= 4 is 35.5 Å². The zero-order valence-corrected chi connectivity index (χ0v) is 35.1. The van der Waals surface area contributed by atoms with E-state index in [4.69, 9.17) is 11.5 Å². The molecule has 3 aromatic rings. The molecule has 61 heavy (non-hydrogen) atoms. The monoisotopic (exact) mass is 854 g/mol. The Morgan fingerprint density at radius 2 is 1.54 bits per heavy atom. The van der Waals surface area contributed by atoms with Gasteiger partial charge in [-0.1, -0.05) is 51.1 Å². The first-order chi connectivity index (χ1) is 28.9. The molecule has 18 heteroatoms. The Labute approximate surface area is 354 Å². The summed E-state index contributed by atoms with van der Waals surface area (Å²) in [5.74, 6) is -5.09. The fourth-order valence-corrected chi connectivity index (χ4v) is 6.78. The molecule has 1 heterocycles. The second-order valence-corrected chi connectivity index (χ2v) is 15.8. The topological polar surface area (TPSA) is 251 Å². The highest BCUT2D eigenvalue weighted by Crippen LogP contribution is 2.41. The Kier molecular flexibility index (Phi) is 20.0. The number of carbonyl (C=O) groups is 6. The van der Waals surface area contributed by atoms with Gasteiger partial charge in [0.2, 0.25) is 29.5 Å². The van der Waals surface area contributed by atoms with E-state index in [1.165, 1.54) is 4.90 Å². The number of carbonyl (C=O) groups excluding carboxylic acids is 5. The summed E-state index contributed by atoms with van der Waals surface area (Å²) in [4.78, 5) is 75.9. The van der Waals surface area contributed by atoms with Gasteiger partial charge >= 0.3 is 5.97 Å². The number of hydrogen-bond acceptors (Lipinski definition) is 9. The molecule has 16 nitrogen and oxygen atoms in total. The predicted molar refractivity (Wildman–Crippen MR) is 224 cm³/mol. The molecular weight excluding hydrogens is 795 g/mol. The normalized spacial score (nSPS) is 12.8. The molecule has 5 amide bonds. The van der Waals surface area contributed by atoms with Gasteiger partial charge in [0, 0.05) is 62.0 Å². The van der Waals surface area contributed by atoms with Crippen LogP contribution >= 0.6 is 0 Å². The molecule has 2 aromatic carbocycles. The predicted octanol–water partition coefficient (Wildman–Crippen LogP) is 2.32. The Bertz CT molecular complexity index is 1940. The maximum absolute atomic E-state index is 15.0. The average Bonchev–Trinajstić information content (AvgIpc) is 3.61. The van der Waals surface area contributed by atoms with Gasteiger partial charge in [0.15, 0.2) is 0 Å². The molecular formula is C43H60F2N8O8. The van der Waals surface area contributed by atoms with Crippen molar-refractivity contribution < 1.29 is 47.8 Å². The molecule has 0 aliphatic heterocycles. The summed E-state index contributed by atoms with van der Waals surface area (Å²) in [5, 5.41) is 29.5. The molecule has 3 atom stereocenters. The van der Waals surface area contributed by atoms with Crippen molar-refractivity contribution in [2.24, 2.45) is 16.9 Å². The molecule has 0 aliphatic carbocycles. The number of carboxylic acid groups (broad SMARTS) is 1. The fourth-order valence-electron chi connectivity index (χ4n) is 6.78. The molecule has 0 aliphatic rings. The number of aliphatic hydroxyl groups excluding tert-OH is 1. The molecule has 0 spiro atoms. The third-order valence-corrected chi connectivity index (χ3v) is 9.83. The number of nitrogens with two attached hydrogens (primary N) is 2. The van der Waals surface area contributed by atoms with E-state index in [9.17, 15) is 43.4 Å². The van der Waals surface area contributed by atoms with Crippen molar-refractivity contribution in [2.45, 2.75) is 90.4 Å². The van der Waals surface area contributed by atoms with Gasteiger partial charge in [-0.3, -0.25) is 24.0 Å². The van der Waals surface area contributed by atoms with Crippen LogP contribution in [0.5, 0.6) is 0 Å². The fraction of sp³-hybridized carbons (Fsp3) is 0.488. The number of amides is 5. The van der Waals surface area contributed by atoms with Gasteiger partial charge in [0.25, 0.3) is 0 Å². The molecule has 0 fully saturated rings. The molecule has 3 rings (SSSR count). The number of aliphatic hydroxyl groups is 1. The largest absolute Gasteiger partial charge is 0.480 e. The number of nitrogens with zero attached hydrogens (tertiary/aromatic N) is 2. The first-order valence-corrected chi connectivity index (χ1v) is 20.3. The van der Waals surface area contributed by atoms with Crippen LogP contribution in [0.2, 0.25) is 0 Å². The number of carboxylic acids is 1. The zero-order valence-electron chi connectivity index (χ0n) is 35.1. The van der Waals surface area contributed by atoms with E-state index < -0.39 is 77.3 Å². The van der Waals surface area contributed by atoms with Crippen LogP contribution in [-0.4, -0.2) is 107 Å². The Morgan fingerprint density at radius 3 is 2.20 bits per heavy atom. The summed E-state index contributed by atoms with van der Waals surface area (Å²) in [6, 6.07) is 11.5. The van der Waals surface area contributed by atoms with Gasteiger partial charge in [-0.2, -0.15) is 0 Å². The maximum atomic E-state index is 15.0. The number of aromatic nitrogens is 1. The third kappa shape index (κ3) is 16.3. The zero-order chi connectivity index (χ0) is 45.1. The van der Waals surface area contributed by atoms with Crippen LogP contribution in [-0.2, 0) is 35.3 Å². The van der Waals surface area contributed by atoms with Crippen molar-refractivity contribution in [3.63, 3.8) is 0 Å². The summed E-state index contributed by atoms with van der Waals surface area (Å²) < 4.78 is 31.2. The van der Waals surface area contributed by atoms with E-state index in [2.05, 4.69) is 21.3 Å². The van der Waals surface area contributed by atoms with Crippen LogP contribution in [0.15, 0.2) is 60.8 Å². The lowest BCUT2D eigenvalue weighted by Crippen LogP contribution is -2.48. The minimum Gasteiger partial charge on any atom is -0.480 e. The molecule has 10 N–H and O–H groups in total. The first kappa shape index (κ1) is 49.6. The summed E-state index contributed by atoms with van der Waals surface area (Å²) in [5.41, 5.74) is 12.9. The summed E-state index contributed by atoms with van der Waals surface area (Å²) >= 11 is 0. The molecule has 0 radical (unpaired) electrons. The standard InChI is InChI=1S/C43H60F2N8O8/c1-43(2,3)40(35-22-29(31-23-30(44)15-16-32(31)45)26-52(35)25-28-10-5-4-6-11-28)53(39(58)27-54)21-17-33(47)41(59)49-20-19-48-38(57)24-50-36(55)13-9-14-37(56)51-34(42(60)61)12-7-8-18-46/h4-6,10-11,15-16,22-23,26,33-34,40,54H,7-9,12-14,17-21,24-25,27,46-47H2,1-3H3,(H,48,57)(H,49,59)(H,50,55)(H,51,56)(H,60,61)/t33-,34-,40-/m0/s1. The molecule has 0 saturated carbocycles. The van der Waals surface area contributed by atoms with Crippen LogP contribution in [0.3, 0.4) is 0 Å². The number of rotatable bonds is 25. The highest BCUT2D eigenvalue weighted by atomic mass is 19.1. The minimum absolute atomic E-state index is 0.00120. The Hall–Kier alpha value is -5.72. The quantitative estimate of drug-likeness (QED) is 0.0578. The van der Waals surface area contributed by atoms with Crippen LogP contribution in [0.1, 0.15) is 83.0 Å². The number of nitrogens with one attached hydrogen (secondary N) is 4. The molecule has 0 unspecified atom stereocenters. The van der Waals surface area contributed by atoms with Gasteiger partial charge < -0.3 is 52.4 Å².